The Morgan fingerprint density at radius 2 is 2.00 bits per heavy atom. The van der Waals surface area contributed by atoms with Gasteiger partial charge < -0.3 is 16.4 Å². The highest BCUT2D eigenvalue weighted by Crippen LogP contribution is 2.27. The summed E-state index contributed by atoms with van der Waals surface area (Å²) in [4.78, 5) is 12.5. The molecule has 1 aliphatic rings. The molecule has 1 saturated heterocycles. The number of nitrogens with two attached hydrogens (primary N) is 2. The number of halogens is 2. The van der Waals surface area contributed by atoms with Crippen LogP contribution in [0.1, 0.15) is 19.3 Å². The average Bonchev–Trinajstić information content (AvgIpc) is 2.13. The summed E-state index contributed by atoms with van der Waals surface area (Å²) >= 11 is 0. The van der Waals surface area contributed by atoms with Crippen LogP contribution in [0.4, 0.5) is 8.78 Å². The molecule has 1 fully saturated rings. The standard InChI is InChI=1S/C9H17F2N3O/c10-9(11)5-14(6-9)8(15)7(13)3-1-2-4-12/h7H,1-6,12-13H2. The molecule has 1 heterocycles. The summed E-state index contributed by atoms with van der Waals surface area (Å²) in [7, 11) is 0. The third-order valence-electron chi connectivity index (χ3n) is 2.44. The fourth-order valence-corrected chi connectivity index (χ4v) is 1.53. The highest BCUT2D eigenvalue weighted by molar-refractivity contribution is 5.82. The molecule has 0 radical (unpaired) electrons. The van der Waals surface area contributed by atoms with Gasteiger partial charge in [-0.1, -0.05) is 6.42 Å². The molecule has 0 saturated carbocycles. The zero-order valence-corrected chi connectivity index (χ0v) is 8.59. The van der Waals surface area contributed by atoms with Gasteiger partial charge in [0.1, 0.15) is 0 Å². The number of nitrogens with zero attached hydrogens (tertiary/aromatic N) is 1. The Labute approximate surface area is 87.6 Å². The van der Waals surface area contributed by atoms with E-state index in [9.17, 15) is 13.6 Å². The van der Waals surface area contributed by atoms with Gasteiger partial charge in [0.05, 0.1) is 19.1 Å². The Bertz CT molecular complexity index is 227. The number of rotatable bonds is 5. The minimum Gasteiger partial charge on any atom is -0.330 e. The maximum atomic E-state index is 12.5. The van der Waals surface area contributed by atoms with Gasteiger partial charge in [-0.15, -0.1) is 0 Å². The Balaban J connectivity index is 2.23. The topological polar surface area (TPSA) is 72.3 Å². The highest BCUT2D eigenvalue weighted by atomic mass is 19.3. The molecular weight excluding hydrogens is 204 g/mol. The van der Waals surface area contributed by atoms with Gasteiger partial charge in [0, 0.05) is 0 Å². The lowest BCUT2D eigenvalue weighted by Crippen LogP contribution is -2.61. The van der Waals surface area contributed by atoms with Gasteiger partial charge in [0.25, 0.3) is 5.92 Å². The summed E-state index contributed by atoms with van der Waals surface area (Å²) in [6.45, 7) is -0.421. The first-order valence-corrected chi connectivity index (χ1v) is 5.08. The number of likely N-dealkylation sites (tertiary alicyclic amines) is 1. The maximum Gasteiger partial charge on any atom is 0.282 e. The molecule has 1 amide bonds. The van der Waals surface area contributed by atoms with Crippen LogP contribution in [-0.4, -0.2) is 42.4 Å². The lowest BCUT2D eigenvalue weighted by molar-refractivity contribution is -0.167. The van der Waals surface area contributed by atoms with E-state index in [0.717, 1.165) is 17.7 Å². The summed E-state index contributed by atoms with van der Waals surface area (Å²) in [6, 6.07) is -0.660. The summed E-state index contributed by atoms with van der Waals surface area (Å²) < 4.78 is 24.9. The summed E-state index contributed by atoms with van der Waals surface area (Å²) in [6.07, 6.45) is 2.07. The molecule has 1 rings (SSSR count). The lowest BCUT2D eigenvalue weighted by atomic mass is 10.1. The minimum absolute atomic E-state index is 0.377. The predicted octanol–water partition coefficient (Wildman–Crippen LogP) is -0.0798. The number of hydrogen-bond donors (Lipinski definition) is 2. The fraction of sp³-hybridized carbons (Fsp3) is 0.889. The van der Waals surface area contributed by atoms with Crippen molar-refractivity contribution in [2.24, 2.45) is 11.5 Å². The Morgan fingerprint density at radius 3 is 2.47 bits per heavy atom. The van der Waals surface area contributed by atoms with Crippen molar-refractivity contribution in [1.29, 1.82) is 0 Å². The molecule has 4 N–H and O–H groups in total. The van der Waals surface area contributed by atoms with Gasteiger partial charge in [-0.25, -0.2) is 8.78 Å². The predicted molar refractivity (Wildman–Crippen MR) is 52.4 cm³/mol. The number of carbonyl (C=O) groups is 1. The fourth-order valence-electron chi connectivity index (χ4n) is 1.53. The van der Waals surface area contributed by atoms with E-state index < -0.39 is 25.1 Å². The molecule has 1 aliphatic heterocycles. The first-order valence-electron chi connectivity index (χ1n) is 5.08. The van der Waals surface area contributed by atoms with Crippen molar-refractivity contribution in [1.82, 2.24) is 4.90 Å². The van der Waals surface area contributed by atoms with Crippen molar-refractivity contribution in [2.75, 3.05) is 19.6 Å². The van der Waals surface area contributed by atoms with E-state index >= 15 is 0 Å². The van der Waals surface area contributed by atoms with Crippen LogP contribution in [0.5, 0.6) is 0 Å². The van der Waals surface area contributed by atoms with Gasteiger partial charge in [-0.05, 0) is 19.4 Å². The number of alkyl halides is 2. The van der Waals surface area contributed by atoms with Crippen LogP contribution in [-0.2, 0) is 4.79 Å². The number of unbranched alkanes of at least 4 members (excludes halogenated alkanes) is 1. The SMILES string of the molecule is NCCCCC(N)C(=O)N1CC(F)(F)C1. The molecule has 0 aromatic heterocycles. The van der Waals surface area contributed by atoms with E-state index in [1.54, 1.807) is 0 Å². The second-order valence-electron chi connectivity index (χ2n) is 3.94. The van der Waals surface area contributed by atoms with E-state index in [-0.39, 0.29) is 5.91 Å². The zero-order valence-electron chi connectivity index (χ0n) is 8.59. The molecule has 1 unspecified atom stereocenters. The second kappa shape index (κ2) is 4.85. The molecule has 0 spiro atoms. The number of hydrogen-bond acceptors (Lipinski definition) is 3. The molecule has 0 aromatic carbocycles. The highest BCUT2D eigenvalue weighted by Gasteiger charge is 2.46. The average molecular weight is 221 g/mol. The van der Waals surface area contributed by atoms with Gasteiger partial charge in [0.2, 0.25) is 5.91 Å². The summed E-state index contributed by atoms with van der Waals surface area (Å²) in [5.74, 6) is -3.09. The molecule has 88 valence electrons. The molecular formula is C9H17F2N3O. The van der Waals surface area contributed by atoms with Crippen molar-refractivity contribution in [3.8, 4) is 0 Å². The monoisotopic (exact) mass is 221 g/mol. The van der Waals surface area contributed by atoms with Gasteiger partial charge in [0.15, 0.2) is 0 Å². The van der Waals surface area contributed by atoms with E-state index in [1.807, 2.05) is 0 Å². The van der Waals surface area contributed by atoms with Crippen molar-refractivity contribution in [3.05, 3.63) is 0 Å². The smallest absolute Gasteiger partial charge is 0.282 e. The van der Waals surface area contributed by atoms with E-state index in [2.05, 4.69) is 0 Å². The van der Waals surface area contributed by atoms with Crippen molar-refractivity contribution in [2.45, 2.75) is 31.2 Å². The Hall–Kier alpha value is -0.750. The molecule has 0 bridgehead atoms. The van der Waals surface area contributed by atoms with Gasteiger partial charge in [-0.2, -0.15) is 0 Å². The quantitative estimate of drug-likeness (QED) is 0.638. The van der Waals surface area contributed by atoms with Crippen molar-refractivity contribution in [3.63, 3.8) is 0 Å². The molecule has 0 aromatic rings. The molecule has 0 aliphatic carbocycles. The number of carbonyl (C=O) groups excluding carboxylic acids is 1. The van der Waals surface area contributed by atoms with Crippen LogP contribution in [0.25, 0.3) is 0 Å². The van der Waals surface area contributed by atoms with Crippen LogP contribution < -0.4 is 11.5 Å². The largest absolute Gasteiger partial charge is 0.330 e. The number of amides is 1. The Kier molecular flexibility index (Phi) is 3.98. The van der Waals surface area contributed by atoms with Crippen molar-refractivity contribution >= 4 is 5.91 Å². The van der Waals surface area contributed by atoms with Crippen LogP contribution in [0, 0.1) is 0 Å². The third kappa shape index (κ3) is 3.39. The maximum absolute atomic E-state index is 12.5. The van der Waals surface area contributed by atoms with Gasteiger partial charge in [-0.3, -0.25) is 4.79 Å². The van der Waals surface area contributed by atoms with E-state index in [0.29, 0.717) is 13.0 Å². The Morgan fingerprint density at radius 1 is 1.40 bits per heavy atom. The first-order chi connectivity index (χ1) is 6.96. The molecule has 15 heavy (non-hydrogen) atoms. The summed E-state index contributed by atoms with van der Waals surface area (Å²) in [5, 5.41) is 0. The summed E-state index contributed by atoms with van der Waals surface area (Å²) in [5.41, 5.74) is 10.9. The van der Waals surface area contributed by atoms with Crippen LogP contribution in [0.15, 0.2) is 0 Å². The van der Waals surface area contributed by atoms with E-state index in [1.165, 1.54) is 0 Å². The minimum atomic E-state index is -2.72. The van der Waals surface area contributed by atoms with Gasteiger partial charge >= 0.3 is 0 Å². The van der Waals surface area contributed by atoms with Crippen LogP contribution in [0.2, 0.25) is 0 Å². The lowest BCUT2D eigenvalue weighted by Gasteiger charge is -2.39. The zero-order chi connectivity index (χ0) is 11.5. The molecule has 4 nitrogen and oxygen atoms in total. The molecule has 6 heteroatoms. The first kappa shape index (κ1) is 12.3. The third-order valence-corrected chi connectivity index (χ3v) is 2.44. The molecule has 1 atom stereocenters. The van der Waals surface area contributed by atoms with Crippen LogP contribution in [0.3, 0.4) is 0 Å². The second-order valence-corrected chi connectivity index (χ2v) is 3.94. The van der Waals surface area contributed by atoms with E-state index in [4.69, 9.17) is 11.5 Å². The normalized spacial score (nSPS) is 20.9. The van der Waals surface area contributed by atoms with Crippen molar-refractivity contribution < 1.29 is 13.6 Å². The van der Waals surface area contributed by atoms with Crippen LogP contribution >= 0.6 is 0 Å².